The van der Waals surface area contributed by atoms with E-state index in [1.807, 2.05) is 6.07 Å². The summed E-state index contributed by atoms with van der Waals surface area (Å²) in [5, 5.41) is 0. The minimum atomic E-state index is -1.13. The average molecular weight is 573 g/mol. The van der Waals surface area contributed by atoms with Gasteiger partial charge in [0.2, 0.25) is 0 Å². The van der Waals surface area contributed by atoms with Crippen LogP contribution in [0.4, 0.5) is 13.2 Å². The van der Waals surface area contributed by atoms with Crippen molar-refractivity contribution in [3.8, 4) is 5.75 Å². The van der Waals surface area contributed by atoms with Crippen LogP contribution in [0.15, 0.2) is 43.0 Å². The lowest BCUT2D eigenvalue weighted by Gasteiger charge is -2.30. The van der Waals surface area contributed by atoms with Gasteiger partial charge in [-0.25, -0.2) is 18.0 Å². The minimum Gasteiger partial charge on any atom is -0.491 e. The van der Waals surface area contributed by atoms with E-state index in [1.54, 1.807) is 12.1 Å². The van der Waals surface area contributed by atoms with E-state index in [2.05, 4.69) is 13.5 Å². The molecule has 2 aromatic carbocycles. The molecule has 4 nitrogen and oxygen atoms in total. The van der Waals surface area contributed by atoms with Crippen LogP contribution in [-0.2, 0) is 9.47 Å². The maximum atomic E-state index is 15.1. The summed E-state index contributed by atoms with van der Waals surface area (Å²) in [5.74, 6) is -3.02. The zero-order valence-corrected chi connectivity index (χ0v) is 24.1. The first-order valence-corrected chi connectivity index (χ1v) is 15.2. The Morgan fingerprint density at radius 3 is 2.27 bits per heavy atom. The van der Waals surface area contributed by atoms with Gasteiger partial charge >= 0.3 is 5.97 Å². The lowest BCUT2D eigenvalue weighted by molar-refractivity contribution is 0.0189. The second-order valence-corrected chi connectivity index (χ2v) is 11.4. The van der Waals surface area contributed by atoms with Crippen molar-refractivity contribution in [2.45, 2.75) is 108 Å². The molecular formula is C34H43F3O4. The Morgan fingerprint density at radius 2 is 1.59 bits per heavy atom. The first-order valence-electron chi connectivity index (χ1n) is 15.2. The molecule has 0 saturated heterocycles. The molecule has 0 bridgehead atoms. The lowest BCUT2D eigenvalue weighted by atomic mass is 9.82. The maximum Gasteiger partial charge on any atom is 0.341 e. The van der Waals surface area contributed by atoms with Crippen molar-refractivity contribution in [2.24, 2.45) is 0 Å². The molecule has 2 saturated carbocycles. The fourth-order valence-electron chi connectivity index (χ4n) is 6.00. The summed E-state index contributed by atoms with van der Waals surface area (Å²) in [4.78, 5) is 12.8. The summed E-state index contributed by atoms with van der Waals surface area (Å²) in [7, 11) is 0. The third-order valence-electron chi connectivity index (χ3n) is 8.48. The summed E-state index contributed by atoms with van der Waals surface area (Å²) in [6.45, 7) is 6.96. The van der Waals surface area contributed by atoms with Crippen molar-refractivity contribution in [1.29, 1.82) is 0 Å². The third kappa shape index (κ3) is 8.37. The molecule has 0 aromatic heterocycles. The van der Waals surface area contributed by atoms with Crippen LogP contribution in [0.3, 0.4) is 0 Å². The fourth-order valence-corrected chi connectivity index (χ4v) is 6.00. The average Bonchev–Trinajstić information content (AvgIpc) is 2.98. The van der Waals surface area contributed by atoms with Gasteiger partial charge in [-0.3, -0.25) is 0 Å². The van der Waals surface area contributed by atoms with Crippen LogP contribution in [0.25, 0.3) is 0 Å². The quantitative estimate of drug-likeness (QED) is 0.136. The summed E-state index contributed by atoms with van der Waals surface area (Å²) in [6, 6.07) is 7.96. The van der Waals surface area contributed by atoms with E-state index in [4.69, 9.17) is 14.2 Å². The number of benzene rings is 2. The van der Waals surface area contributed by atoms with Gasteiger partial charge in [-0.1, -0.05) is 31.6 Å². The van der Waals surface area contributed by atoms with Gasteiger partial charge in [0, 0.05) is 6.61 Å². The highest BCUT2D eigenvalue weighted by molar-refractivity contribution is 5.90. The Balaban J connectivity index is 1.27. The van der Waals surface area contributed by atoms with Crippen LogP contribution in [0.5, 0.6) is 5.75 Å². The highest BCUT2D eigenvalue weighted by Gasteiger charge is 2.30. The van der Waals surface area contributed by atoms with Gasteiger partial charge in [0.05, 0.1) is 18.3 Å². The first-order chi connectivity index (χ1) is 19.9. The van der Waals surface area contributed by atoms with Gasteiger partial charge in [0.1, 0.15) is 6.10 Å². The van der Waals surface area contributed by atoms with Gasteiger partial charge in [-0.2, -0.15) is 0 Å². The lowest BCUT2D eigenvalue weighted by Crippen LogP contribution is -2.25. The number of carbonyl (C=O) groups is 1. The molecule has 0 atom stereocenters. The number of hydrogen-bond donors (Lipinski definition) is 0. The van der Waals surface area contributed by atoms with Gasteiger partial charge in [0.25, 0.3) is 0 Å². The molecule has 0 spiro atoms. The topological polar surface area (TPSA) is 44.8 Å². The third-order valence-corrected chi connectivity index (χ3v) is 8.48. The monoisotopic (exact) mass is 572 g/mol. The Hall–Kier alpha value is -2.80. The molecule has 0 N–H and O–H groups in total. The Bertz CT molecular complexity index is 1150. The number of unbranched alkanes of at least 4 members (excludes halogenated alkanes) is 2. The van der Waals surface area contributed by atoms with Crippen molar-refractivity contribution >= 4 is 5.97 Å². The number of esters is 1. The zero-order chi connectivity index (χ0) is 29.2. The highest BCUT2D eigenvalue weighted by Crippen LogP contribution is 2.38. The zero-order valence-electron chi connectivity index (χ0n) is 24.1. The molecule has 0 radical (unpaired) electrons. The predicted molar refractivity (Wildman–Crippen MR) is 154 cm³/mol. The van der Waals surface area contributed by atoms with E-state index in [-0.39, 0.29) is 41.2 Å². The number of rotatable bonds is 13. The van der Waals surface area contributed by atoms with Crippen molar-refractivity contribution < 1.29 is 32.2 Å². The summed E-state index contributed by atoms with van der Waals surface area (Å²) >= 11 is 0. The van der Waals surface area contributed by atoms with Crippen LogP contribution in [0, 0.1) is 17.5 Å². The molecular weight excluding hydrogens is 529 g/mol. The van der Waals surface area contributed by atoms with Crippen molar-refractivity contribution in [2.75, 3.05) is 13.2 Å². The predicted octanol–water partition coefficient (Wildman–Crippen LogP) is 9.17. The first kappa shape index (κ1) is 31.1. The van der Waals surface area contributed by atoms with Crippen molar-refractivity contribution in [3.63, 3.8) is 0 Å². The van der Waals surface area contributed by atoms with Crippen LogP contribution >= 0.6 is 0 Å². The Kier molecular flexibility index (Phi) is 11.7. The van der Waals surface area contributed by atoms with E-state index in [1.165, 1.54) is 18.2 Å². The number of hydrogen-bond acceptors (Lipinski definition) is 4. The second-order valence-electron chi connectivity index (χ2n) is 11.4. The van der Waals surface area contributed by atoms with Gasteiger partial charge in [-0.05, 0) is 112 Å². The Morgan fingerprint density at radius 1 is 0.878 bits per heavy atom. The molecule has 41 heavy (non-hydrogen) atoms. The standard InChI is InChI=1S/C34H43F3O4/c1-3-5-7-21-40-31-19-12-25(22-30(31)35)23-8-15-27(16-9-23)41-34(38)29-18-17-28(32(36)33(29)37)24-10-13-26(14-11-24)39-20-6-4-2/h3,12,17-19,22-24,26-27H,1,4-11,13-16,20-21H2,2H3. The molecule has 7 heteroatoms. The van der Waals surface area contributed by atoms with Gasteiger partial charge < -0.3 is 14.2 Å². The minimum absolute atomic E-state index is 0.0846. The van der Waals surface area contributed by atoms with Crippen LogP contribution in [-0.4, -0.2) is 31.4 Å². The highest BCUT2D eigenvalue weighted by atomic mass is 19.2. The van der Waals surface area contributed by atoms with E-state index >= 15 is 8.78 Å². The van der Waals surface area contributed by atoms with Crippen molar-refractivity contribution in [3.05, 3.63) is 77.1 Å². The summed E-state index contributed by atoms with van der Waals surface area (Å²) < 4.78 is 61.7. The summed E-state index contributed by atoms with van der Waals surface area (Å²) in [6.07, 6.45) is 11.0. The van der Waals surface area contributed by atoms with E-state index in [9.17, 15) is 9.18 Å². The maximum absolute atomic E-state index is 15.1. The van der Waals surface area contributed by atoms with Crippen LogP contribution in [0.2, 0.25) is 0 Å². The smallest absolute Gasteiger partial charge is 0.341 e. The molecule has 0 unspecified atom stereocenters. The van der Waals surface area contributed by atoms with Crippen LogP contribution in [0.1, 0.15) is 117 Å². The molecule has 2 aromatic rings. The number of ether oxygens (including phenoxy) is 3. The molecule has 2 aliphatic carbocycles. The molecule has 0 amide bonds. The molecule has 224 valence electrons. The normalized spacial score (nSPS) is 22.7. The summed E-state index contributed by atoms with van der Waals surface area (Å²) in [5.41, 5.74) is 0.846. The number of allylic oxidation sites excluding steroid dienone is 1. The fraction of sp³-hybridized carbons (Fsp3) is 0.559. The largest absolute Gasteiger partial charge is 0.491 e. The molecule has 0 heterocycles. The molecule has 2 fully saturated rings. The van der Waals surface area contributed by atoms with Gasteiger partial charge in [-0.15, -0.1) is 6.58 Å². The number of carbonyl (C=O) groups excluding carboxylic acids is 1. The molecule has 2 aliphatic rings. The second kappa shape index (κ2) is 15.4. The SMILES string of the molecule is C=CCCCOc1ccc(C2CCC(OC(=O)c3ccc(C4CCC(OCCCC)CC4)c(F)c3F)CC2)cc1F. The molecule has 4 rings (SSSR count). The van der Waals surface area contributed by atoms with Crippen LogP contribution < -0.4 is 4.74 Å². The van der Waals surface area contributed by atoms with E-state index in [0.717, 1.165) is 63.5 Å². The van der Waals surface area contributed by atoms with Crippen molar-refractivity contribution in [1.82, 2.24) is 0 Å². The van der Waals surface area contributed by atoms with E-state index < -0.39 is 17.6 Å². The Labute approximate surface area is 242 Å². The van der Waals surface area contributed by atoms with Gasteiger partial charge in [0.15, 0.2) is 23.2 Å². The molecule has 0 aliphatic heterocycles. The van der Waals surface area contributed by atoms with E-state index in [0.29, 0.717) is 37.9 Å². The number of halogens is 3.